The fourth-order valence-corrected chi connectivity index (χ4v) is 3.57. The van der Waals surface area contributed by atoms with Crippen LogP contribution in [0.25, 0.3) is 0 Å². The van der Waals surface area contributed by atoms with Gasteiger partial charge >= 0.3 is 0 Å². The van der Waals surface area contributed by atoms with E-state index in [4.69, 9.17) is 15.2 Å². The number of benzene rings is 1. The molecule has 1 fully saturated rings. The molecule has 1 aliphatic heterocycles. The maximum absolute atomic E-state index is 12.5. The standard InChI is InChI=1S/C13H20N2O4S/c1-2-19-13-4-3-12(9-11(13)10-14)20(16,17)15-5-7-18-8-6-15/h3-4,9H,2,5-8,10,14H2,1H3. The van der Waals surface area contributed by atoms with Crippen molar-refractivity contribution in [2.45, 2.75) is 18.4 Å². The number of nitrogens with zero attached hydrogens (tertiary/aromatic N) is 1. The summed E-state index contributed by atoms with van der Waals surface area (Å²) < 4.78 is 37.1. The van der Waals surface area contributed by atoms with E-state index in [9.17, 15) is 8.42 Å². The van der Waals surface area contributed by atoms with Crippen LogP contribution in [0.15, 0.2) is 23.1 Å². The number of hydrogen-bond acceptors (Lipinski definition) is 5. The summed E-state index contributed by atoms with van der Waals surface area (Å²) >= 11 is 0. The zero-order valence-corrected chi connectivity index (χ0v) is 12.4. The molecule has 20 heavy (non-hydrogen) atoms. The van der Waals surface area contributed by atoms with Crippen LogP contribution < -0.4 is 10.5 Å². The van der Waals surface area contributed by atoms with Gasteiger partial charge in [-0.15, -0.1) is 0 Å². The van der Waals surface area contributed by atoms with Crippen molar-refractivity contribution in [2.24, 2.45) is 5.73 Å². The number of hydrogen-bond donors (Lipinski definition) is 1. The molecule has 1 aliphatic rings. The minimum absolute atomic E-state index is 0.238. The Hall–Kier alpha value is -1.15. The summed E-state index contributed by atoms with van der Waals surface area (Å²) in [5.74, 6) is 0.635. The van der Waals surface area contributed by atoms with Crippen molar-refractivity contribution in [1.82, 2.24) is 4.31 Å². The molecule has 0 bridgehead atoms. The first kappa shape index (κ1) is 15.2. The van der Waals surface area contributed by atoms with Gasteiger partial charge in [0.1, 0.15) is 5.75 Å². The molecule has 0 aliphatic carbocycles. The van der Waals surface area contributed by atoms with Gasteiger partial charge in [0.25, 0.3) is 0 Å². The summed E-state index contributed by atoms with van der Waals surface area (Å²) in [5.41, 5.74) is 6.36. The van der Waals surface area contributed by atoms with Gasteiger partial charge in [-0.3, -0.25) is 0 Å². The average Bonchev–Trinajstić information content (AvgIpc) is 2.48. The number of rotatable bonds is 5. The normalized spacial score (nSPS) is 17.1. The van der Waals surface area contributed by atoms with Gasteiger partial charge < -0.3 is 15.2 Å². The largest absolute Gasteiger partial charge is 0.494 e. The van der Waals surface area contributed by atoms with E-state index in [2.05, 4.69) is 0 Å². The van der Waals surface area contributed by atoms with Crippen molar-refractivity contribution in [3.8, 4) is 5.75 Å². The second-order valence-electron chi connectivity index (χ2n) is 4.42. The van der Waals surface area contributed by atoms with E-state index in [1.165, 1.54) is 4.31 Å². The fourth-order valence-electron chi connectivity index (χ4n) is 2.11. The Morgan fingerprint density at radius 1 is 1.35 bits per heavy atom. The second kappa shape index (κ2) is 6.53. The molecule has 1 aromatic carbocycles. The molecular formula is C13H20N2O4S. The average molecular weight is 300 g/mol. The number of morpholine rings is 1. The van der Waals surface area contributed by atoms with Gasteiger partial charge in [-0.25, -0.2) is 8.42 Å². The number of ether oxygens (including phenoxy) is 2. The zero-order valence-electron chi connectivity index (χ0n) is 11.5. The molecule has 0 aromatic heterocycles. The lowest BCUT2D eigenvalue weighted by molar-refractivity contribution is 0.0730. The molecule has 1 heterocycles. The molecule has 0 unspecified atom stereocenters. The van der Waals surface area contributed by atoms with Crippen molar-refractivity contribution in [3.63, 3.8) is 0 Å². The lowest BCUT2D eigenvalue weighted by Crippen LogP contribution is -2.40. The molecule has 112 valence electrons. The van der Waals surface area contributed by atoms with E-state index in [-0.39, 0.29) is 11.4 Å². The van der Waals surface area contributed by atoms with Gasteiger partial charge in [-0.05, 0) is 25.1 Å². The van der Waals surface area contributed by atoms with Gasteiger partial charge in [0.2, 0.25) is 10.0 Å². The summed E-state index contributed by atoms with van der Waals surface area (Å²) in [6, 6.07) is 4.82. The Bertz CT molecular complexity index is 553. The number of nitrogens with two attached hydrogens (primary N) is 1. The van der Waals surface area contributed by atoms with Gasteiger partial charge in [0.05, 0.1) is 24.7 Å². The predicted molar refractivity (Wildman–Crippen MR) is 75.1 cm³/mol. The Balaban J connectivity index is 2.31. The SMILES string of the molecule is CCOc1ccc(S(=O)(=O)N2CCOCC2)cc1CN. The molecular weight excluding hydrogens is 280 g/mol. The first-order chi connectivity index (χ1) is 9.59. The van der Waals surface area contributed by atoms with Crippen LogP contribution in [0.4, 0.5) is 0 Å². The van der Waals surface area contributed by atoms with E-state index in [1.54, 1.807) is 18.2 Å². The molecule has 6 nitrogen and oxygen atoms in total. The van der Waals surface area contributed by atoms with Crippen LogP contribution in [0.1, 0.15) is 12.5 Å². The second-order valence-corrected chi connectivity index (χ2v) is 6.36. The summed E-state index contributed by atoms with van der Waals surface area (Å²) in [6.45, 7) is 4.25. The number of sulfonamides is 1. The molecule has 1 saturated heterocycles. The first-order valence-electron chi connectivity index (χ1n) is 6.63. The highest BCUT2D eigenvalue weighted by atomic mass is 32.2. The van der Waals surface area contributed by atoms with Crippen LogP contribution in [0, 0.1) is 0 Å². The van der Waals surface area contributed by atoms with Crippen LogP contribution in [0.5, 0.6) is 5.75 Å². The highest BCUT2D eigenvalue weighted by Crippen LogP contribution is 2.25. The summed E-state index contributed by atoms with van der Waals surface area (Å²) in [4.78, 5) is 0.253. The highest BCUT2D eigenvalue weighted by Gasteiger charge is 2.26. The molecule has 0 spiro atoms. The molecule has 0 saturated carbocycles. The Morgan fingerprint density at radius 2 is 2.05 bits per heavy atom. The lowest BCUT2D eigenvalue weighted by Gasteiger charge is -2.26. The quantitative estimate of drug-likeness (QED) is 0.859. The predicted octanol–water partition coefficient (Wildman–Crippen LogP) is 0.565. The summed E-state index contributed by atoms with van der Waals surface area (Å²) in [5, 5.41) is 0. The lowest BCUT2D eigenvalue weighted by atomic mass is 10.2. The van der Waals surface area contributed by atoms with Crippen LogP contribution >= 0.6 is 0 Å². The van der Waals surface area contributed by atoms with E-state index >= 15 is 0 Å². The third-order valence-corrected chi connectivity index (χ3v) is 5.05. The van der Waals surface area contributed by atoms with Crippen molar-refractivity contribution in [2.75, 3.05) is 32.9 Å². The topological polar surface area (TPSA) is 81.9 Å². The van der Waals surface area contributed by atoms with Gasteiger partial charge in [0.15, 0.2) is 0 Å². The van der Waals surface area contributed by atoms with Crippen LogP contribution in [-0.4, -0.2) is 45.6 Å². The van der Waals surface area contributed by atoms with Crippen molar-refractivity contribution in [3.05, 3.63) is 23.8 Å². The minimum atomic E-state index is -3.48. The third kappa shape index (κ3) is 3.12. The minimum Gasteiger partial charge on any atom is -0.494 e. The van der Waals surface area contributed by atoms with Crippen molar-refractivity contribution < 1.29 is 17.9 Å². The molecule has 0 atom stereocenters. The van der Waals surface area contributed by atoms with Crippen LogP contribution in [0.3, 0.4) is 0 Å². The molecule has 2 N–H and O–H groups in total. The highest BCUT2D eigenvalue weighted by molar-refractivity contribution is 7.89. The zero-order chi connectivity index (χ0) is 14.6. The maximum Gasteiger partial charge on any atom is 0.243 e. The van der Waals surface area contributed by atoms with Gasteiger partial charge in [-0.2, -0.15) is 4.31 Å². The fraction of sp³-hybridized carbons (Fsp3) is 0.538. The summed E-state index contributed by atoms with van der Waals surface area (Å²) in [7, 11) is -3.48. The maximum atomic E-state index is 12.5. The van der Waals surface area contributed by atoms with Crippen LogP contribution in [-0.2, 0) is 21.3 Å². The molecule has 0 radical (unpaired) electrons. The Morgan fingerprint density at radius 3 is 2.65 bits per heavy atom. The molecule has 1 aromatic rings. The first-order valence-corrected chi connectivity index (χ1v) is 8.07. The van der Waals surface area contributed by atoms with E-state index in [0.29, 0.717) is 44.2 Å². The van der Waals surface area contributed by atoms with E-state index < -0.39 is 10.0 Å². The summed E-state index contributed by atoms with van der Waals surface area (Å²) in [6.07, 6.45) is 0. The molecule has 0 amide bonds. The molecule has 2 rings (SSSR count). The van der Waals surface area contributed by atoms with Gasteiger partial charge in [0, 0.05) is 25.2 Å². The third-order valence-electron chi connectivity index (χ3n) is 3.16. The van der Waals surface area contributed by atoms with Crippen LogP contribution in [0.2, 0.25) is 0 Å². The van der Waals surface area contributed by atoms with Crippen molar-refractivity contribution >= 4 is 10.0 Å². The van der Waals surface area contributed by atoms with E-state index in [1.807, 2.05) is 6.92 Å². The van der Waals surface area contributed by atoms with Gasteiger partial charge in [-0.1, -0.05) is 0 Å². The van der Waals surface area contributed by atoms with E-state index in [0.717, 1.165) is 0 Å². The Kier molecular flexibility index (Phi) is 4.98. The molecule has 7 heteroatoms. The van der Waals surface area contributed by atoms with Crippen molar-refractivity contribution in [1.29, 1.82) is 0 Å². The monoisotopic (exact) mass is 300 g/mol. The smallest absolute Gasteiger partial charge is 0.243 e. The Labute approximate surface area is 119 Å².